The lowest BCUT2D eigenvalue weighted by Gasteiger charge is -2.35. The van der Waals surface area contributed by atoms with Crippen LogP contribution in [0.15, 0.2) is 97.3 Å². The number of nitrogens with one attached hydrogen (secondary N) is 2. The predicted molar refractivity (Wildman–Crippen MR) is 152 cm³/mol. The molecule has 6 heteroatoms. The van der Waals surface area contributed by atoms with Gasteiger partial charge in [0.05, 0.1) is 6.67 Å². The van der Waals surface area contributed by atoms with Gasteiger partial charge in [0.25, 0.3) is 5.91 Å². The van der Waals surface area contributed by atoms with Crippen molar-refractivity contribution < 1.29 is 9.53 Å². The van der Waals surface area contributed by atoms with Gasteiger partial charge in [-0.1, -0.05) is 66.7 Å². The molecule has 198 valence electrons. The van der Waals surface area contributed by atoms with E-state index >= 15 is 0 Å². The highest BCUT2D eigenvalue weighted by Crippen LogP contribution is 2.28. The Bertz CT molecular complexity index is 1140. The van der Waals surface area contributed by atoms with E-state index in [1.54, 1.807) is 0 Å². The van der Waals surface area contributed by atoms with Crippen LogP contribution in [0, 0.1) is 0 Å². The number of carbonyl (C=O) groups excluding carboxylic acids is 1. The fraction of sp³-hybridized carbons (Fsp3) is 0.344. The molecule has 1 unspecified atom stereocenters. The van der Waals surface area contributed by atoms with Crippen LogP contribution >= 0.6 is 0 Å². The fourth-order valence-electron chi connectivity index (χ4n) is 5.33. The quantitative estimate of drug-likeness (QED) is 0.363. The summed E-state index contributed by atoms with van der Waals surface area (Å²) in [5.74, 6) is 1.03. The van der Waals surface area contributed by atoms with Crippen molar-refractivity contribution in [2.24, 2.45) is 0 Å². The first-order valence-electron chi connectivity index (χ1n) is 13.8. The molecule has 6 nitrogen and oxygen atoms in total. The van der Waals surface area contributed by atoms with E-state index in [0.29, 0.717) is 18.0 Å². The zero-order chi connectivity index (χ0) is 26.0. The lowest BCUT2D eigenvalue weighted by atomic mass is 9.90. The number of hydrogen-bond donors (Lipinski definition) is 2. The molecule has 0 aromatic heterocycles. The van der Waals surface area contributed by atoms with Gasteiger partial charge in [0.1, 0.15) is 11.9 Å². The lowest BCUT2D eigenvalue weighted by Crippen LogP contribution is -2.43. The second kappa shape index (κ2) is 13.2. The Morgan fingerprint density at radius 1 is 1.00 bits per heavy atom. The molecule has 2 N–H and O–H groups in total. The number of piperidine rings is 1. The van der Waals surface area contributed by atoms with Gasteiger partial charge in [-0.15, -0.1) is 0 Å². The first kappa shape index (κ1) is 25.9. The molecule has 1 atom stereocenters. The summed E-state index contributed by atoms with van der Waals surface area (Å²) in [7, 11) is 0. The van der Waals surface area contributed by atoms with Gasteiger partial charge < -0.3 is 20.3 Å². The molecular weight excluding hydrogens is 472 g/mol. The summed E-state index contributed by atoms with van der Waals surface area (Å²) in [5.41, 5.74) is 3.33. The Hall–Kier alpha value is -3.77. The highest BCUT2D eigenvalue weighted by Gasteiger charge is 2.25. The molecule has 0 aliphatic carbocycles. The van der Waals surface area contributed by atoms with Gasteiger partial charge in [0, 0.05) is 50.1 Å². The van der Waals surface area contributed by atoms with Crippen molar-refractivity contribution in [3.05, 3.63) is 114 Å². The number of benzene rings is 3. The summed E-state index contributed by atoms with van der Waals surface area (Å²) < 4.78 is 6.42. The highest BCUT2D eigenvalue weighted by molar-refractivity contribution is 5.94. The number of nitrogens with zero attached hydrogens (tertiary/aromatic N) is 2. The van der Waals surface area contributed by atoms with Crippen molar-refractivity contribution in [1.82, 2.24) is 20.4 Å². The maximum atomic E-state index is 12.7. The highest BCUT2D eigenvalue weighted by atomic mass is 16.5. The zero-order valence-electron chi connectivity index (χ0n) is 22.0. The number of hydrogen-bond acceptors (Lipinski definition) is 5. The predicted octanol–water partition coefficient (Wildman–Crippen LogP) is 4.82. The summed E-state index contributed by atoms with van der Waals surface area (Å²) in [4.78, 5) is 17.4. The van der Waals surface area contributed by atoms with Crippen LogP contribution in [0.3, 0.4) is 0 Å². The van der Waals surface area contributed by atoms with Crippen LogP contribution in [0.2, 0.25) is 0 Å². The van der Waals surface area contributed by atoms with Gasteiger partial charge in [0.2, 0.25) is 0 Å². The van der Waals surface area contributed by atoms with E-state index in [1.807, 2.05) is 36.7 Å². The first-order chi connectivity index (χ1) is 18.7. The third-order valence-electron chi connectivity index (χ3n) is 7.31. The normalized spacial score (nSPS) is 17.4. The number of amides is 1. The summed E-state index contributed by atoms with van der Waals surface area (Å²) in [5, 5.41) is 6.19. The van der Waals surface area contributed by atoms with Crippen LogP contribution < -0.4 is 15.4 Å². The minimum absolute atomic E-state index is 0.0515. The Morgan fingerprint density at radius 2 is 1.76 bits per heavy atom. The van der Waals surface area contributed by atoms with Crippen molar-refractivity contribution in [2.45, 2.75) is 31.3 Å². The molecule has 1 amide bonds. The third kappa shape index (κ3) is 7.17. The first-order valence-corrected chi connectivity index (χ1v) is 13.8. The molecule has 2 heterocycles. The molecule has 1 fully saturated rings. The van der Waals surface area contributed by atoms with Crippen LogP contribution in [-0.2, 0) is 0 Å². The van der Waals surface area contributed by atoms with Crippen LogP contribution in [0.4, 0.5) is 0 Å². The lowest BCUT2D eigenvalue weighted by molar-refractivity contribution is 0.0861. The molecule has 2 aliphatic heterocycles. The maximum absolute atomic E-state index is 12.7. The molecule has 0 saturated carbocycles. The van der Waals surface area contributed by atoms with Gasteiger partial charge in [-0.05, 0) is 55.1 Å². The molecule has 0 spiro atoms. The monoisotopic (exact) mass is 510 g/mol. The van der Waals surface area contributed by atoms with Crippen LogP contribution in [0.25, 0.3) is 0 Å². The SMILES string of the molecule is O=C(NCCCN1C=CNC1)c1cccc(OC2CCCN(CC(c3ccccc3)c3ccccc3)C2)c1. The Morgan fingerprint density at radius 3 is 2.47 bits per heavy atom. The zero-order valence-corrected chi connectivity index (χ0v) is 22.0. The molecule has 0 bridgehead atoms. The van der Waals surface area contributed by atoms with E-state index in [0.717, 1.165) is 57.9 Å². The molecule has 3 aromatic rings. The van der Waals surface area contributed by atoms with E-state index in [4.69, 9.17) is 4.74 Å². The van der Waals surface area contributed by atoms with Gasteiger partial charge in [-0.3, -0.25) is 9.69 Å². The summed E-state index contributed by atoms with van der Waals surface area (Å²) >= 11 is 0. The number of ether oxygens (including phenoxy) is 1. The van der Waals surface area contributed by atoms with E-state index < -0.39 is 0 Å². The average Bonchev–Trinajstić information content (AvgIpc) is 3.49. The molecule has 0 radical (unpaired) electrons. The largest absolute Gasteiger partial charge is 0.489 e. The standard InChI is InChI=1S/C32H38N4O2/c37-32(34-17-9-20-35-21-18-33-25-35)28-14-7-15-29(22-28)38-30-16-8-19-36(23-30)24-31(26-10-3-1-4-11-26)27-12-5-2-6-13-27/h1-7,10-15,18,21-22,30-31,33H,8-9,16-17,19-20,23-25H2,(H,34,37). The van der Waals surface area contributed by atoms with Crippen LogP contribution in [-0.4, -0.2) is 61.2 Å². The molecular formula is C32H38N4O2. The van der Waals surface area contributed by atoms with Crippen molar-refractivity contribution in [3.8, 4) is 5.75 Å². The Kier molecular flexibility index (Phi) is 8.95. The van der Waals surface area contributed by atoms with E-state index in [2.05, 4.69) is 81.1 Å². The fourth-order valence-corrected chi connectivity index (χ4v) is 5.33. The Balaban J connectivity index is 1.16. The van der Waals surface area contributed by atoms with Gasteiger partial charge in [-0.2, -0.15) is 0 Å². The topological polar surface area (TPSA) is 56.8 Å². The van der Waals surface area contributed by atoms with Crippen molar-refractivity contribution in [1.29, 1.82) is 0 Å². The van der Waals surface area contributed by atoms with E-state index in [9.17, 15) is 4.79 Å². The van der Waals surface area contributed by atoms with Crippen molar-refractivity contribution >= 4 is 5.91 Å². The van der Waals surface area contributed by atoms with Crippen LogP contribution in [0.5, 0.6) is 5.75 Å². The van der Waals surface area contributed by atoms with Crippen molar-refractivity contribution in [2.75, 3.05) is 39.4 Å². The second-order valence-electron chi connectivity index (χ2n) is 10.1. The summed E-state index contributed by atoms with van der Waals surface area (Å²) in [6.45, 7) is 5.31. The number of carbonyl (C=O) groups is 1. The number of likely N-dealkylation sites (tertiary alicyclic amines) is 1. The van der Waals surface area contributed by atoms with Crippen molar-refractivity contribution in [3.63, 3.8) is 0 Å². The summed E-state index contributed by atoms with van der Waals surface area (Å²) in [6, 6.07) is 29.2. The van der Waals surface area contributed by atoms with Gasteiger partial charge in [0.15, 0.2) is 0 Å². The molecule has 3 aromatic carbocycles. The van der Waals surface area contributed by atoms with E-state index in [1.165, 1.54) is 11.1 Å². The van der Waals surface area contributed by atoms with Crippen LogP contribution in [0.1, 0.15) is 46.7 Å². The minimum Gasteiger partial charge on any atom is -0.489 e. The molecule has 2 aliphatic rings. The Labute approximate surface area is 226 Å². The summed E-state index contributed by atoms with van der Waals surface area (Å²) in [6.07, 6.45) is 7.12. The average molecular weight is 511 g/mol. The molecule has 1 saturated heterocycles. The minimum atomic E-state index is -0.0515. The molecule has 38 heavy (non-hydrogen) atoms. The van der Waals surface area contributed by atoms with Gasteiger partial charge >= 0.3 is 0 Å². The third-order valence-corrected chi connectivity index (χ3v) is 7.31. The molecule has 5 rings (SSSR count). The smallest absolute Gasteiger partial charge is 0.251 e. The van der Waals surface area contributed by atoms with E-state index in [-0.39, 0.29) is 12.0 Å². The second-order valence-corrected chi connectivity index (χ2v) is 10.1. The number of rotatable bonds is 11. The van der Waals surface area contributed by atoms with Gasteiger partial charge in [-0.25, -0.2) is 0 Å². The maximum Gasteiger partial charge on any atom is 0.251 e.